The lowest BCUT2D eigenvalue weighted by molar-refractivity contribution is 0.316. The SMILES string of the molecule is CCN(CC)CCNc1nc(-c2sccc2Cl)nc2ccccc12. The number of benzene rings is 1. The lowest BCUT2D eigenvalue weighted by Crippen LogP contribution is -2.28. The minimum atomic E-state index is 0.680. The first-order valence-corrected chi connectivity index (χ1v) is 9.45. The fraction of sp³-hybridized carbons (Fsp3) is 0.333. The third kappa shape index (κ3) is 3.69. The van der Waals surface area contributed by atoms with Gasteiger partial charge in [0.2, 0.25) is 0 Å². The van der Waals surface area contributed by atoms with Crippen LogP contribution in [0, 0.1) is 0 Å². The molecule has 6 heteroatoms. The first-order chi connectivity index (χ1) is 11.7. The molecule has 4 nitrogen and oxygen atoms in total. The number of likely N-dealkylation sites (N-methyl/N-ethyl adjacent to an activating group) is 1. The Hall–Kier alpha value is -1.69. The second kappa shape index (κ2) is 7.92. The molecule has 2 aromatic heterocycles. The normalized spacial score (nSPS) is 11.3. The van der Waals surface area contributed by atoms with Crippen molar-refractivity contribution in [1.29, 1.82) is 0 Å². The Morgan fingerprint density at radius 3 is 2.62 bits per heavy atom. The zero-order chi connectivity index (χ0) is 16.9. The standard InChI is InChI=1S/C18H21ClN4S/c1-3-23(4-2)11-10-20-17-13-7-5-6-8-15(13)21-18(22-17)16-14(19)9-12-24-16/h5-9,12H,3-4,10-11H2,1-2H3,(H,20,21,22). The number of halogens is 1. The minimum Gasteiger partial charge on any atom is -0.368 e. The van der Waals surface area contributed by atoms with E-state index in [9.17, 15) is 0 Å². The van der Waals surface area contributed by atoms with Gasteiger partial charge in [0.15, 0.2) is 5.82 Å². The Morgan fingerprint density at radius 1 is 1.12 bits per heavy atom. The van der Waals surface area contributed by atoms with Crippen LogP contribution in [0.4, 0.5) is 5.82 Å². The molecule has 1 N–H and O–H groups in total. The maximum atomic E-state index is 6.26. The minimum absolute atomic E-state index is 0.680. The Labute approximate surface area is 151 Å². The molecule has 0 aliphatic carbocycles. The molecule has 24 heavy (non-hydrogen) atoms. The van der Waals surface area contributed by atoms with Crippen molar-refractivity contribution in [3.63, 3.8) is 0 Å². The van der Waals surface area contributed by atoms with E-state index in [1.54, 1.807) is 11.3 Å². The van der Waals surface area contributed by atoms with Crippen molar-refractivity contribution in [1.82, 2.24) is 14.9 Å². The molecule has 0 spiro atoms. The molecule has 126 valence electrons. The van der Waals surface area contributed by atoms with Crippen molar-refractivity contribution in [3.05, 3.63) is 40.7 Å². The first-order valence-electron chi connectivity index (χ1n) is 8.19. The zero-order valence-electron chi connectivity index (χ0n) is 13.9. The molecule has 0 saturated carbocycles. The van der Waals surface area contributed by atoms with Gasteiger partial charge < -0.3 is 10.2 Å². The lowest BCUT2D eigenvalue weighted by Gasteiger charge is -2.18. The van der Waals surface area contributed by atoms with Gasteiger partial charge in [-0.15, -0.1) is 11.3 Å². The van der Waals surface area contributed by atoms with Gasteiger partial charge in [0, 0.05) is 18.5 Å². The molecule has 0 aliphatic heterocycles. The van der Waals surface area contributed by atoms with Crippen LogP contribution in [-0.2, 0) is 0 Å². The second-order valence-electron chi connectivity index (χ2n) is 5.46. The zero-order valence-corrected chi connectivity index (χ0v) is 15.5. The summed E-state index contributed by atoms with van der Waals surface area (Å²) in [5, 5.41) is 7.17. The van der Waals surface area contributed by atoms with Crippen molar-refractivity contribution in [2.75, 3.05) is 31.5 Å². The van der Waals surface area contributed by atoms with Crippen LogP contribution in [0.2, 0.25) is 5.02 Å². The average Bonchev–Trinajstić information content (AvgIpc) is 3.04. The Morgan fingerprint density at radius 2 is 1.92 bits per heavy atom. The van der Waals surface area contributed by atoms with Crippen LogP contribution >= 0.6 is 22.9 Å². The highest BCUT2D eigenvalue weighted by atomic mass is 35.5. The number of nitrogens with zero attached hydrogens (tertiary/aromatic N) is 3. The Bertz CT molecular complexity index is 814. The topological polar surface area (TPSA) is 41.0 Å². The average molecular weight is 361 g/mol. The molecule has 0 saturated heterocycles. The molecule has 3 rings (SSSR count). The number of thiophene rings is 1. The lowest BCUT2D eigenvalue weighted by atomic mass is 10.2. The van der Waals surface area contributed by atoms with Crippen LogP contribution in [0.15, 0.2) is 35.7 Å². The molecular formula is C18H21ClN4S. The second-order valence-corrected chi connectivity index (χ2v) is 6.79. The van der Waals surface area contributed by atoms with Crippen molar-refractivity contribution in [3.8, 4) is 10.7 Å². The van der Waals surface area contributed by atoms with Crippen LogP contribution in [0.25, 0.3) is 21.6 Å². The summed E-state index contributed by atoms with van der Waals surface area (Å²) >= 11 is 7.83. The Balaban J connectivity index is 1.92. The molecule has 1 aromatic carbocycles. The van der Waals surface area contributed by atoms with Gasteiger partial charge in [-0.05, 0) is 36.7 Å². The number of rotatable bonds is 7. The summed E-state index contributed by atoms with van der Waals surface area (Å²) in [5.74, 6) is 1.55. The van der Waals surface area contributed by atoms with Gasteiger partial charge in [0.05, 0.1) is 15.4 Å². The number of para-hydroxylation sites is 1. The predicted molar refractivity (Wildman–Crippen MR) is 104 cm³/mol. The molecule has 0 unspecified atom stereocenters. The van der Waals surface area contributed by atoms with Crippen molar-refractivity contribution in [2.45, 2.75) is 13.8 Å². The number of nitrogens with one attached hydrogen (secondary N) is 1. The van der Waals surface area contributed by atoms with Crippen LogP contribution in [-0.4, -0.2) is 41.0 Å². The van der Waals surface area contributed by atoms with Crippen LogP contribution in [0.3, 0.4) is 0 Å². The highest BCUT2D eigenvalue weighted by Crippen LogP contribution is 2.33. The molecule has 0 bridgehead atoms. The van der Waals surface area contributed by atoms with E-state index >= 15 is 0 Å². The van der Waals surface area contributed by atoms with E-state index in [0.717, 1.165) is 47.8 Å². The van der Waals surface area contributed by atoms with Gasteiger partial charge in [-0.3, -0.25) is 0 Å². The largest absolute Gasteiger partial charge is 0.368 e. The number of hydrogen-bond donors (Lipinski definition) is 1. The van der Waals surface area contributed by atoms with Gasteiger partial charge in [0.25, 0.3) is 0 Å². The smallest absolute Gasteiger partial charge is 0.173 e. The molecule has 0 aliphatic rings. The molecule has 0 atom stereocenters. The summed E-state index contributed by atoms with van der Waals surface area (Å²) in [6.45, 7) is 8.30. The summed E-state index contributed by atoms with van der Waals surface area (Å²) in [4.78, 5) is 12.7. The van der Waals surface area contributed by atoms with Gasteiger partial charge in [0.1, 0.15) is 5.82 Å². The third-order valence-electron chi connectivity index (χ3n) is 4.04. The van der Waals surface area contributed by atoms with Gasteiger partial charge in [-0.25, -0.2) is 9.97 Å². The number of anilines is 1. The van der Waals surface area contributed by atoms with Crippen molar-refractivity contribution < 1.29 is 0 Å². The quantitative estimate of drug-likeness (QED) is 0.659. The summed E-state index contributed by atoms with van der Waals surface area (Å²) in [5.41, 5.74) is 0.928. The molecule has 0 radical (unpaired) electrons. The summed E-state index contributed by atoms with van der Waals surface area (Å²) in [6.07, 6.45) is 0. The maximum Gasteiger partial charge on any atom is 0.173 e. The van der Waals surface area contributed by atoms with E-state index in [-0.39, 0.29) is 0 Å². The molecule has 0 fully saturated rings. The van der Waals surface area contributed by atoms with Gasteiger partial charge in [-0.2, -0.15) is 0 Å². The molecular weight excluding hydrogens is 340 g/mol. The fourth-order valence-electron chi connectivity index (χ4n) is 2.64. The monoisotopic (exact) mass is 360 g/mol. The molecule has 2 heterocycles. The number of aromatic nitrogens is 2. The van der Waals surface area contributed by atoms with E-state index in [4.69, 9.17) is 16.6 Å². The highest BCUT2D eigenvalue weighted by Gasteiger charge is 2.13. The molecule has 3 aromatic rings. The summed E-state index contributed by atoms with van der Waals surface area (Å²) < 4.78 is 0. The van der Waals surface area contributed by atoms with Crippen molar-refractivity contribution >= 4 is 39.7 Å². The van der Waals surface area contributed by atoms with Crippen LogP contribution < -0.4 is 5.32 Å². The highest BCUT2D eigenvalue weighted by molar-refractivity contribution is 7.14. The fourth-order valence-corrected chi connectivity index (χ4v) is 3.71. The summed E-state index contributed by atoms with van der Waals surface area (Å²) in [7, 11) is 0. The number of hydrogen-bond acceptors (Lipinski definition) is 5. The van der Waals surface area contributed by atoms with Crippen molar-refractivity contribution in [2.24, 2.45) is 0 Å². The van der Waals surface area contributed by atoms with Crippen LogP contribution in [0.5, 0.6) is 0 Å². The predicted octanol–water partition coefficient (Wildman–Crippen LogP) is 4.77. The third-order valence-corrected chi connectivity index (χ3v) is 5.38. The maximum absolute atomic E-state index is 6.26. The Kier molecular flexibility index (Phi) is 5.66. The van der Waals surface area contributed by atoms with Gasteiger partial charge >= 0.3 is 0 Å². The van der Waals surface area contributed by atoms with E-state index in [1.807, 2.05) is 29.6 Å². The number of fused-ring (bicyclic) bond motifs is 1. The van der Waals surface area contributed by atoms with E-state index in [1.165, 1.54) is 0 Å². The summed E-state index contributed by atoms with van der Waals surface area (Å²) in [6, 6.07) is 9.95. The van der Waals surface area contributed by atoms with E-state index < -0.39 is 0 Å². The van der Waals surface area contributed by atoms with Gasteiger partial charge in [-0.1, -0.05) is 37.6 Å². The first kappa shape index (κ1) is 17.1. The van der Waals surface area contributed by atoms with E-state index in [0.29, 0.717) is 10.8 Å². The van der Waals surface area contributed by atoms with E-state index in [2.05, 4.69) is 35.1 Å². The van der Waals surface area contributed by atoms with Crippen LogP contribution in [0.1, 0.15) is 13.8 Å². The molecule has 0 amide bonds.